The predicted octanol–water partition coefficient (Wildman–Crippen LogP) is 3.68. The molecule has 19 heavy (non-hydrogen) atoms. The monoisotopic (exact) mass is 409 g/mol. The van der Waals surface area contributed by atoms with E-state index in [4.69, 9.17) is 0 Å². The highest BCUT2D eigenvalue weighted by molar-refractivity contribution is 9.10. The van der Waals surface area contributed by atoms with Crippen molar-refractivity contribution in [1.29, 1.82) is 0 Å². The molecule has 0 radical (unpaired) electrons. The van der Waals surface area contributed by atoms with Crippen LogP contribution in [0.4, 0.5) is 0 Å². The molecule has 0 unspecified atom stereocenters. The number of halogens is 2. The summed E-state index contributed by atoms with van der Waals surface area (Å²) in [6.07, 6.45) is 4.42. The lowest BCUT2D eigenvalue weighted by Gasteiger charge is -2.25. The molecule has 0 bridgehead atoms. The third-order valence-electron chi connectivity index (χ3n) is 3.46. The summed E-state index contributed by atoms with van der Waals surface area (Å²) in [5.41, 5.74) is 0. The minimum absolute atomic E-state index is 0.324. The lowest BCUT2D eigenvalue weighted by molar-refractivity contribution is 0.366. The second kappa shape index (κ2) is 6.70. The van der Waals surface area contributed by atoms with E-state index in [1.165, 1.54) is 0 Å². The van der Waals surface area contributed by atoms with Gasteiger partial charge in [-0.1, -0.05) is 31.9 Å². The highest BCUT2D eigenvalue weighted by Gasteiger charge is 2.21. The summed E-state index contributed by atoms with van der Waals surface area (Å²) in [5, 5.41) is 0. The zero-order chi connectivity index (χ0) is 13.9. The maximum absolute atomic E-state index is 12.1. The van der Waals surface area contributed by atoms with Gasteiger partial charge in [-0.05, 0) is 55.9 Å². The molecule has 1 aromatic carbocycles. The van der Waals surface area contributed by atoms with Crippen molar-refractivity contribution >= 4 is 41.9 Å². The summed E-state index contributed by atoms with van der Waals surface area (Å²) in [4.78, 5) is 0.928. The fraction of sp³-hybridized carbons (Fsp3) is 0.538. The second-order valence-electron chi connectivity index (χ2n) is 4.92. The maximum Gasteiger partial charge on any atom is 0.240 e. The Labute approximate surface area is 131 Å². The second-order valence-corrected chi connectivity index (χ2v) is 8.90. The average Bonchev–Trinajstić information content (AvgIpc) is 2.39. The molecule has 1 aromatic rings. The quantitative estimate of drug-likeness (QED) is 0.769. The van der Waals surface area contributed by atoms with E-state index in [0.29, 0.717) is 22.2 Å². The lowest BCUT2D eigenvalue weighted by atomic mass is 9.89. The molecule has 0 aromatic heterocycles. The summed E-state index contributed by atoms with van der Waals surface area (Å²) in [7, 11) is -3.37. The molecule has 1 N–H and O–H groups in total. The fourth-order valence-electron chi connectivity index (χ4n) is 2.25. The Morgan fingerprint density at radius 2 is 1.68 bits per heavy atom. The van der Waals surface area contributed by atoms with Crippen molar-refractivity contribution in [2.75, 3.05) is 6.54 Å². The van der Waals surface area contributed by atoms with Crippen LogP contribution in [0.15, 0.2) is 33.6 Å². The molecule has 0 saturated heterocycles. The highest BCUT2D eigenvalue weighted by atomic mass is 79.9. The van der Waals surface area contributed by atoms with Crippen LogP contribution >= 0.6 is 31.9 Å². The zero-order valence-corrected chi connectivity index (χ0v) is 14.5. The van der Waals surface area contributed by atoms with Gasteiger partial charge in [0.2, 0.25) is 10.0 Å². The van der Waals surface area contributed by atoms with Crippen molar-refractivity contribution in [3.63, 3.8) is 0 Å². The standard InChI is InChI=1S/C13H17Br2NO2S/c14-11-3-1-10(2-4-11)9-16-19(17,18)13-7-5-12(15)6-8-13/h5-8,10-11,16H,1-4,9H2. The summed E-state index contributed by atoms with van der Waals surface area (Å²) in [6.45, 7) is 0.540. The first-order chi connectivity index (χ1) is 8.97. The van der Waals surface area contributed by atoms with Gasteiger partial charge in [0, 0.05) is 15.8 Å². The number of hydrogen-bond donors (Lipinski definition) is 1. The average molecular weight is 411 g/mol. The Balaban J connectivity index is 1.92. The predicted molar refractivity (Wildman–Crippen MR) is 84.0 cm³/mol. The zero-order valence-electron chi connectivity index (χ0n) is 10.5. The molecular weight excluding hydrogens is 394 g/mol. The molecule has 0 aliphatic heterocycles. The molecule has 0 amide bonds. The topological polar surface area (TPSA) is 46.2 Å². The molecule has 106 valence electrons. The summed E-state index contributed by atoms with van der Waals surface area (Å²) in [5.74, 6) is 0.457. The SMILES string of the molecule is O=S(=O)(NCC1CCC(Br)CC1)c1ccc(Br)cc1. The van der Waals surface area contributed by atoms with Crippen LogP contribution < -0.4 is 4.72 Å². The van der Waals surface area contributed by atoms with Crippen molar-refractivity contribution in [3.05, 3.63) is 28.7 Å². The van der Waals surface area contributed by atoms with Crippen LogP contribution in [0.3, 0.4) is 0 Å². The summed E-state index contributed by atoms with van der Waals surface area (Å²) >= 11 is 6.91. The fourth-order valence-corrected chi connectivity index (χ4v) is 4.16. The molecular formula is C13H17Br2NO2S. The van der Waals surface area contributed by atoms with Gasteiger partial charge >= 0.3 is 0 Å². The van der Waals surface area contributed by atoms with E-state index in [1.54, 1.807) is 24.3 Å². The van der Waals surface area contributed by atoms with Crippen molar-refractivity contribution in [2.24, 2.45) is 5.92 Å². The number of sulfonamides is 1. The highest BCUT2D eigenvalue weighted by Crippen LogP contribution is 2.28. The normalized spacial score (nSPS) is 24.3. The van der Waals surface area contributed by atoms with Crippen LogP contribution in [0, 0.1) is 5.92 Å². The molecule has 1 aliphatic carbocycles. The van der Waals surface area contributed by atoms with Gasteiger partial charge in [0.05, 0.1) is 4.90 Å². The third kappa shape index (κ3) is 4.55. The molecule has 1 aliphatic rings. The molecule has 0 heterocycles. The van der Waals surface area contributed by atoms with E-state index in [9.17, 15) is 8.42 Å². The van der Waals surface area contributed by atoms with E-state index in [1.807, 2.05) is 0 Å². The maximum atomic E-state index is 12.1. The molecule has 2 rings (SSSR count). The lowest BCUT2D eigenvalue weighted by Crippen LogP contribution is -2.31. The first kappa shape index (κ1) is 15.5. The van der Waals surface area contributed by atoms with Gasteiger partial charge < -0.3 is 0 Å². The van der Waals surface area contributed by atoms with Gasteiger partial charge in [0.15, 0.2) is 0 Å². The van der Waals surface area contributed by atoms with Gasteiger partial charge in [-0.25, -0.2) is 13.1 Å². The molecule has 6 heteroatoms. The van der Waals surface area contributed by atoms with Crippen LogP contribution in [-0.2, 0) is 10.0 Å². The first-order valence-electron chi connectivity index (χ1n) is 6.36. The minimum Gasteiger partial charge on any atom is -0.211 e. The van der Waals surface area contributed by atoms with E-state index in [-0.39, 0.29) is 0 Å². The van der Waals surface area contributed by atoms with Crippen LogP contribution in [-0.4, -0.2) is 19.8 Å². The Kier molecular flexibility index (Phi) is 5.45. The van der Waals surface area contributed by atoms with Crippen molar-refractivity contribution in [2.45, 2.75) is 35.4 Å². The Hall–Kier alpha value is 0.0900. The van der Waals surface area contributed by atoms with E-state index < -0.39 is 10.0 Å². The summed E-state index contributed by atoms with van der Waals surface area (Å²) < 4.78 is 27.8. The minimum atomic E-state index is -3.37. The molecule has 0 atom stereocenters. The Morgan fingerprint density at radius 1 is 1.11 bits per heavy atom. The Bertz CT molecular complexity index is 508. The molecule has 1 fully saturated rings. The van der Waals surface area contributed by atoms with E-state index in [2.05, 4.69) is 36.6 Å². The largest absolute Gasteiger partial charge is 0.240 e. The van der Waals surface area contributed by atoms with E-state index in [0.717, 1.165) is 30.2 Å². The number of benzene rings is 1. The summed E-state index contributed by atoms with van der Waals surface area (Å²) in [6, 6.07) is 6.71. The third-order valence-corrected chi connectivity index (χ3v) is 6.35. The van der Waals surface area contributed by atoms with Gasteiger partial charge in [0.1, 0.15) is 0 Å². The van der Waals surface area contributed by atoms with Crippen LogP contribution in [0.25, 0.3) is 0 Å². The first-order valence-corrected chi connectivity index (χ1v) is 9.56. The van der Waals surface area contributed by atoms with Gasteiger partial charge in [0.25, 0.3) is 0 Å². The van der Waals surface area contributed by atoms with E-state index >= 15 is 0 Å². The van der Waals surface area contributed by atoms with Crippen LogP contribution in [0.2, 0.25) is 0 Å². The van der Waals surface area contributed by atoms with Crippen molar-refractivity contribution in [3.8, 4) is 0 Å². The number of nitrogens with one attached hydrogen (secondary N) is 1. The number of rotatable bonds is 4. The van der Waals surface area contributed by atoms with Gasteiger partial charge in [-0.3, -0.25) is 0 Å². The van der Waals surface area contributed by atoms with Gasteiger partial charge in [-0.15, -0.1) is 0 Å². The Morgan fingerprint density at radius 3 is 2.26 bits per heavy atom. The van der Waals surface area contributed by atoms with Crippen LogP contribution in [0.5, 0.6) is 0 Å². The molecule has 3 nitrogen and oxygen atoms in total. The molecule has 0 spiro atoms. The molecule has 1 saturated carbocycles. The van der Waals surface area contributed by atoms with Crippen molar-refractivity contribution in [1.82, 2.24) is 4.72 Å². The van der Waals surface area contributed by atoms with Crippen molar-refractivity contribution < 1.29 is 8.42 Å². The van der Waals surface area contributed by atoms with Crippen LogP contribution in [0.1, 0.15) is 25.7 Å². The number of hydrogen-bond acceptors (Lipinski definition) is 2. The van der Waals surface area contributed by atoms with Gasteiger partial charge in [-0.2, -0.15) is 0 Å². The number of alkyl halides is 1. The smallest absolute Gasteiger partial charge is 0.211 e.